The molecule has 2 amide bonds. The number of rotatable bonds is 17. The lowest BCUT2D eigenvalue weighted by atomic mass is 10.0. The monoisotopic (exact) mass is 669 g/mol. The molecule has 0 aromatic heterocycles. The van der Waals surface area contributed by atoms with Gasteiger partial charge in [-0.3, -0.25) is 9.59 Å². The van der Waals surface area contributed by atoms with Crippen LogP contribution in [0.5, 0.6) is 11.5 Å². The van der Waals surface area contributed by atoms with E-state index in [0.717, 1.165) is 11.1 Å². The number of ether oxygens (including phenoxy) is 2. The number of methoxy groups -OCH3 is 2. The zero-order valence-electron chi connectivity index (χ0n) is 27.1. The van der Waals surface area contributed by atoms with Crippen LogP contribution in [0, 0.1) is 0 Å². The first-order valence-corrected chi connectivity index (χ1v) is 15.5. The predicted octanol–water partition coefficient (Wildman–Crippen LogP) is 4.98. The zero-order valence-corrected chi connectivity index (χ0v) is 27.1. The van der Waals surface area contributed by atoms with Crippen molar-refractivity contribution in [2.75, 3.05) is 37.9 Å². The minimum absolute atomic E-state index is 0.137. The molecule has 13 heteroatoms. The van der Waals surface area contributed by atoms with E-state index in [1.165, 1.54) is 13.2 Å². The van der Waals surface area contributed by atoms with Crippen LogP contribution >= 0.6 is 0 Å². The van der Waals surface area contributed by atoms with Crippen LogP contribution in [0.25, 0.3) is 11.1 Å². The number of nitrogens with two attached hydrogens (primary N) is 1. The molecule has 0 radical (unpaired) electrons. The first kappa shape index (κ1) is 35.8. The Kier molecular flexibility index (Phi) is 12.5. The molecule has 4 aromatic carbocycles. The Morgan fingerprint density at radius 3 is 1.76 bits per heavy atom. The summed E-state index contributed by atoms with van der Waals surface area (Å²) in [4.78, 5) is 47.6. The van der Waals surface area contributed by atoms with Crippen molar-refractivity contribution >= 4 is 46.5 Å². The average molecular weight is 670 g/mol. The first-order valence-electron chi connectivity index (χ1n) is 15.5. The molecule has 0 saturated heterocycles. The number of amides is 2. The van der Waals surface area contributed by atoms with Gasteiger partial charge in [0.15, 0.2) is 0 Å². The van der Waals surface area contributed by atoms with Gasteiger partial charge < -0.3 is 46.7 Å². The molecule has 0 saturated carbocycles. The van der Waals surface area contributed by atoms with Gasteiger partial charge in [-0.15, -0.1) is 0 Å². The van der Waals surface area contributed by atoms with Crippen molar-refractivity contribution < 1.29 is 38.9 Å². The number of carboxylic acid groups (broad SMARTS) is 2. The summed E-state index contributed by atoms with van der Waals surface area (Å²) >= 11 is 0. The number of aliphatic carboxylic acids is 1. The standard InChI is InChI=1S/C36H39N5O8/c1-48-31-19-22(23-15-17-29(32(20-23)49-2)40-27-12-6-4-10-25(27)35(44)45)14-16-28(31)39-26-11-5-3-9-24(26)34(43)38-18-8-7-13-30(36(46)47)41-33(42)21-37/h3-6,9-12,14-17,19-20,30,39-40H,7-8,13,18,21,37H2,1-2H3,(H,38,43)(H,41,42)(H,44,45)(H,46,47). The fourth-order valence-electron chi connectivity index (χ4n) is 5.09. The van der Waals surface area contributed by atoms with Gasteiger partial charge in [-0.05, 0) is 78.9 Å². The highest BCUT2D eigenvalue weighted by atomic mass is 16.5. The van der Waals surface area contributed by atoms with Crippen LogP contribution in [0.1, 0.15) is 40.0 Å². The number of unbranched alkanes of at least 4 members (excludes halogenated alkanes) is 1. The largest absolute Gasteiger partial charge is 0.495 e. The molecule has 0 fully saturated rings. The van der Waals surface area contributed by atoms with Crippen LogP contribution < -0.4 is 36.5 Å². The number of carboxylic acids is 2. The second-order valence-corrected chi connectivity index (χ2v) is 10.9. The maximum Gasteiger partial charge on any atom is 0.337 e. The Bertz CT molecular complexity index is 1810. The molecule has 0 aliphatic rings. The van der Waals surface area contributed by atoms with Crippen molar-refractivity contribution in [2.24, 2.45) is 5.73 Å². The number of para-hydroxylation sites is 2. The summed E-state index contributed by atoms with van der Waals surface area (Å²) in [5.41, 5.74) is 9.67. The van der Waals surface area contributed by atoms with Crippen molar-refractivity contribution in [2.45, 2.75) is 25.3 Å². The molecule has 0 bridgehead atoms. The summed E-state index contributed by atoms with van der Waals surface area (Å²) in [6, 6.07) is 23.7. The van der Waals surface area contributed by atoms with E-state index in [4.69, 9.17) is 15.2 Å². The van der Waals surface area contributed by atoms with E-state index in [1.807, 2.05) is 36.4 Å². The number of carbonyl (C=O) groups excluding carboxylic acids is 2. The second kappa shape index (κ2) is 17.2. The van der Waals surface area contributed by atoms with Crippen molar-refractivity contribution in [3.63, 3.8) is 0 Å². The molecule has 1 atom stereocenters. The van der Waals surface area contributed by atoms with Crippen molar-refractivity contribution in [1.29, 1.82) is 0 Å². The quantitative estimate of drug-likeness (QED) is 0.0747. The zero-order chi connectivity index (χ0) is 35.3. The van der Waals surface area contributed by atoms with Gasteiger partial charge in [0, 0.05) is 6.54 Å². The first-order chi connectivity index (χ1) is 23.6. The molecule has 4 aromatic rings. The molecule has 8 N–H and O–H groups in total. The van der Waals surface area contributed by atoms with E-state index in [1.54, 1.807) is 49.6 Å². The minimum Gasteiger partial charge on any atom is -0.495 e. The number of anilines is 4. The summed E-state index contributed by atoms with van der Waals surface area (Å²) in [5, 5.41) is 30.5. The van der Waals surface area contributed by atoms with Crippen molar-refractivity contribution in [1.82, 2.24) is 10.6 Å². The van der Waals surface area contributed by atoms with Gasteiger partial charge in [-0.1, -0.05) is 36.4 Å². The molecule has 49 heavy (non-hydrogen) atoms. The smallest absolute Gasteiger partial charge is 0.337 e. The third kappa shape index (κ3) is 9.49. The van der Waals surface area contributed by atoms with Crippen molar-refractivity contribution in [3.8, 4) is 22.6 Å². The van der Waals surface area contributed by atoms with Crippen LogP contribution in [0.2, 0.25) is 0 Å². The molecule has 0 heterocycles. The van der Waals surface area contributed by atoms with Crippen molar-refractivity contribution in [3.05, 3.63) is 96.1 Å². The minimum atomic E-state index is -1.14. The molecule has 0 spiro atoms. The molecule has 0 aliphatic heterocycles. The van der Waals surface area contributed by atoms with E-state index < -0.39 is 23.9 Å². The van der Waals surface area contributed by atoms with Crippen LogP contribution in [0.4, 0.5) is 22.7 Å². The van der Waals surface area contributed by atoms with Gasteiger partial charge in [-0.2, -0.15) is 0 Å². The number of benzene rings is 4. The lowest BCUT2D eigenvalue weighted by Crippen LogP contribution is -2.43. The number of carbonyl (C=O) groups is 4. The fourth-order valence-corrected chi connectivity index (χ4v) is 5.09. The molecule has 4 rings (SSSR count). The van der Waals surface area contributed by atoms with Gasteiger partial charge in [0.2, 0.25) is 5.91 Å². The summed E-state index contributed by atoms with van der Waals surface area (Å²) in [5.74, 6) is -1.99. The summed E-state index contributed by atoms with van der Waals surface area (Å²) < 4.78 is 11.3. The van der Waals surface area contributed by atoms with E-state index in [2.05, 4.69) is 21.3 Å². The molecular weight excluding hydrogens is 630 g/mol. The Morgan fingerprint density at radius 1 is 0.714 bits per heavy atom. The second-order valence-electron chi connectivity index (χ2n) is 10.9. The number of hydrogen-bond acceptors (Lipinski definition) is 9. The Labute approximate surface area is 283 Å². The number of hydrogen-bond donors (Lipinski definition) is 7. The van der Waals surface area contributed by atoms with Crippen LogP contribution in [0.15, 0.2) is 84.9 Å². The normalized spacial score (nSPS) is 11.2. The molecule has 1 unspecified atom stereocenters. The van der Waals surface area contributed by atoms with Gasteiger partial charge in [0.25, 0.3) is 5.91 Å². The van der Waals surface area contributed by atoms with Crippen LogP contribution in [-0.2, 0) is 9.59 Å². The van der Waals surface area contributed by atoms with Crippen LogP contribution in [0.3, 0.4) is 0 Å². The molecular formula is C36H39N5O8. The number of nitrogens with one attached hydrogen (secondary N) is 4. The highest BCUT2D eigenvalue weighted by Gasteiger charge is 2.19. The van der Waals surface area contributed by atoms with Gasteiger partial charge in [0.05, 0.1) is 54.6 Å². The molecule has 0 aliphatic carbocycles. The third-order valence-corrected chi connectivity index (χ3v) is 7.63. The Balaban J connectivity index is 1.43. The Morgan fingerprint density at radius 2 is 1.24 bits per heavy atom. The van der Waals surface area contributed by atoms with Gasteiger partial charge in [-0.25, -0.2) is 9.59 Å². The predicted molar refractivity (Wildman–Crippen MR) is 186 cm³/mol. The van der Waals surface area contributed by atoms with E-state index in [-0.39, 0.29) is 24.4 Å². The summed E-state index contributed by atoms with van der Waals surface area (Å²) in [6.45, 7) is 0.0193. The SMILES string of the molecule is COc1cc(-c2ccc(Nc3ccccc3C(=O)NCCCCC(NC(=O)CN)C(=O)O)c(OC)c2)ccc1Nc1ccccc1C(=O)O. The van der Waals surface area contributed by atoms with Crippen LogP contribution in [-0.4, -0.2) is 67.3 Å². The molecule has 256 valence electrons. The van der Waals surface area contributed by atoms with E-state index >= 15 is 0 Å². The van der Waals surface area contributed by atoms with E-state index in [9.17, 15) is 29.4 Å². The summed E-state index contributed by atoms with van der Waals surface area (Å²) in [6.07, 6.45) is 1.19. The maximum absolute atomic E-state index is 13.1. The van der Waals surface area contributed by atoms with Gasteiger partial charge in [0.1, 0.15) is 17.5 Å². The maximum atomic E-state index is 13.1. The fraction of sp³-hybridized carbons (Fsp3) is 0.222. The summed E-state index contributed by atoms with van der Waals surface area (Å²) in [7, 11) is 3.08. The van der Waals surface area contributed by atoms with E-state index in [0.29, 0.717) is 59.2 Å². The highest BCUT2D eigenvalue weighted by Crippen LogP contribution is 2.37. The molecule has 13 nitrogen and oxygen atoms in total. The number of aromatic carboxylic acids is 1. The third-order valence-electron chi connectivity index (χ3n) is 7.63. The topological polar surface area (TPSA) is 201 Å². The average Bonchev–Trinajstić information content (AvgIpc) is 3.11. The highest BCUT2D eigenvalue weighted by molar-refractivity contribution is 6.00. The van der Waals surface area contributed by atoms with Gasteiger partial charge >= 0.3 is 11.9 Å². The Hall–Kier alpha value is -6.08. The lowest BCUT2D eigenvalue weighted by Gasteiger charge is -2.17. The lowest BCUT2D eigenvalue weighted by molar-refractivity contribution is -0.141.